The number of alkyl halides is 6. The molecular formula is C23H24F6N4O5S. The number of rotatable bonds is 5. The Morgan fingerprint density at radius 2 is 1.59 bits per heavy atom. The van der Waals surface area contributed by atoms with E-state index in [4.69, 9.17) is 24.5 Å². The Morgan fingerprint density at radius 3 is 2.10 bits per heavy atom. The highest BCUT2D eigenvalue weighted by atomic mass is 32.1. The number of aromatic nitrogens is 3. The van der Waals surface area contributed by atoms with E-state index in [0.717, 1.165) is 31.7 Å². The first-order valence-electron chi connectivity index (χ1n) is 11.0. The molecule has 3 aromatic heterocycles. The van der Waals surface area contributed by atoms with Gasteiger partial charge in [0.2, 0.25) is 0 Å². The van der Waals surface area contributed by atoms with Gasteiger partial charge in [-0.15, -0.1) is 11.3 Å². The molecular weight excluding hydrogens is 558 g/mol. The molecule has 1 unspecified atom stereocenters. The number of halogens is 6. The van der Waals surface area contributed by atoms with Crippen molar-refractivity contribution in [2.24, 2.45) is 0 Å². The second-order valence-electron chi connectivity index (χ2n) is 8.10. The second kappa shape index (κ2) is 14.0. The van der Waals surface area contributed by atoms with Crippen LogP contribution in [-0.4, -0.2) is 66.8 Å². The third-order valence-corrected chi connectivity index (χ3v) is 6.09. The fourth-order valence-corrected chi connectivity index (χ4v) is 4.13. The summed E-state index contributed by atoms with van der Waals surface area (Å²) in [7, 11) is 0. The lowest BCUT2D eigenvalue weighted by Gasteiger charge is -2.24. The molecule has 0 aliphatic carbocycles. The highest BCUT2D eigenvalue weighted by Crippen LogP contribution is 2.22. The van der Waals surface area contributed by atoms with Crippen molar-refractivity contribution in [3.05, 3.63) is 69.9 Å². The highest BCUT2D eigenvalue weighted by Gasteiger charge is 2.38. The van der Waals surface area contributed by atoms with Crippen LogP contribution in [0.25, 0.3) is 0 Å². The number of carboxylic acid groups (broad SMARTS) is 2. The normalized spacial score (nSPS) is 15.6. The molecule has 4 heterocycles. The molecule has 1 atom stereocenters. The van der Waals surface area contributed by atoms with E-state index in [2.05, 4.69) is 44.1 Å². The lowest BCUT2D eigenvalue weighted by molar-refractivity contribution is -0.193. The van der Waals surface area contributed by atoms with Gasteiger partial charge in [-0.1, -0.05) is 0 Å². The number of aliphatic carboxylic acids is 2. The summed E-state index contributed by atoms with van der Waals surface area (Å²) in [4.78, 5) is 25.8. The minimum atomic E-state index is -5.08. The zero-order valence-electron chi connectivity index (χ0n) is 20.3. The number of pyridine rings is 1. The zero-order valence-corrected chi connectivity index (χ0v) is 21.1. The first-order chi connectivity index (χ1) is 18.2. The first-order valence-corrected chi connectivity index (χ1v) is 11.9. The number of thiophene rings is 1. The Kier molecular flexibility index (Phi) is 11.4. The fourth-order valence-electron chi connectivity index (χ4n) is 3.18. The molecule has 214 valence electrons. The van der Waals surface area contributed by atoms with Crippen LogP contribution in [0.1, 0.15) is 21.7 Å². The summed E-state index contributed by atoms with van der Waals surface area (Å²) in [5.41, 5.74) is 3.78. The molecule has 0 radical (unpaired) electrons. The SMILES string of the molecule is Cc1ccsc1CN1Cc2ccnn2CC(OCc2ccncc2)C1.O=C(O)C(F)(F)F.O=C(O)C(F)(F)F. The fraction of sp³-hybridized carbons (Fsp3) is 0.391. The molecule has 0 amide bonds. The van der Waals surface area contributed by atoms with E-state index in [0.29, 0.717) is 6.61 Å². The minimum Gasteiger partial charge on any atom is -0.475 e. The van der Waals surface area contributed by atoms with Crippen LogP contribution in [0.3, 0.4) is 0 Å². The van der Waals surface area contributed by atoms with Crippen molar-refractivity contribution >= 4 is 23.3 Å². The standard InChI is InChI=1S/C19H22N4OS.2C2HF3O2/c1-15-5-9-25-19(15)13-22-10-17-4-8-21-23(17)12-18(11-22)24-14-16-2-6-20-7-3-16;2*3-2(4,5)1(6)7/h2-9,18H,10-14H2,1H3;2*(H,6,7). The van der Waals surface area contributed by atoms with Crippen molar-refractivity contribution in [2.45, 2.75) is 51.6 Å². The molecule has 0 aromatic carbocycles. The Bertz CT molecular complexity index is 1180. The van der Waals surface area contributed by atoms with Crippen molar-refractivity contribution in [2.75, 3.05) is 6.54 Å². The summed E-state index contributed by atoms with van der Waals surface area (Å²) in [5, 5.41) is 20.9. The van der Waals surface area contributed by atoms with Gasteiger partial charge in [-0.25, -0.2) is 9.59 Å². The number of hydrogen-bond acceptors (Lipinski definition) is 7. The van der Waals surface area contributed by atoms with Gasteiger partial charge >= 0.3 is 24.3 Å². The highest BCUT2D eigenvalue weighted by molar-refractivity contribution is 7.10. The van der Waals surface area contributed by atoms with Gasteiger partial charge in [0, 0.05) is 43.1 Å². The monoisotopic (exact) mass is 582 g/mol. The van der Waals surface area contributed by atoms with Crippen LogP contribution in [-0.2, 0) is 40.6 Å². The molecule has 0 bridgehead atoms. The zero-order chi connectivity index (χ0) is 29.2. The predicted octanol–water partition coefficient (Wildman–Crippen LogP) is 4.52. The first kappa shape index (κ1) is 31.7. The molecule has 4 rings (SSSR count). The van der Waals surface area contributed by atoms with Gasteiger partial charge in [-0.05, 0) is 47.7 Å². The van der Waals surface area contributed by atoms with Crippen LogP contribution in [0, 0.1) is 6.92 Å². The Labute approximate surface area is 222 Å². The molecule has 0 saturated heterocycles. The number of carboxylic acids is 2. The summed E-state index contributed by atoms with van der Waals surface area (Å²) < 4.78 is 71.8. The predicted molar refractivity (Wildman–Crippen MR) is 126 cm³/mol. The molecule has 2 N–H and O–H groups in total. The molecule has 0 saturated carbocycles. The van der Waals surface area contributed by atoms with Crippen LogP contribution in [0.15, 0.2) is 48.2 Å². The van der Waals surface area contributed by atoms with Crippen LogP contribution in [0.4, 0.5) is 26.3 Å². The van der Waals surface area contributed by atoms with Crippen molar-refractivity contribution in [3.8, 4) is 0 Å². The lowest BCUT2D eigenvalue weighted by atomic mass is 10.2. The van der Waals surface area contributed by atoms with E-state index in [9.17, 15) is 26.3 Å². The lowest BCUT2D eigenvalue weighted by Crippen LogP contribution is -2.32. The largest absolute Gasteiger partial charge is 0.490 e. The topological polar surface area (TPSA) is 118 Å². The van der Waals surface area contributed by atoms with Crippen molar-refractivity contribution in [1.29, 1.82) is 0 Å². The summed E-state index contributed by atoms with van der Waals surface area (Å²) in [5.74, 6) is -5.51. The van der Waals surface area contributed by atoms with Crippen LogP contribution in [0.5, 0.6) is 0 Å². The van der Waals surface area contributed by atoms with E-state index in [1.54, 1.807) is 0 Å². The summed E-state index contributed by atoms with van der Waals surface area (Å²) >= 11 is 1.83. The maximum Gasteiger partial charge on any atom is 0.490 e. The Morgan fingerprint density at radius 1 is 1.00 bits per heavy atom. The maximum atomic E-state index is 10.6. The van der Waals surface area contributed by atoms with Crippen molar-refractivity contribution in [1.82, 2.24) is 19.7 Å². The molecule has 16 heteroatoms. The average molecular weight is 583 g/mol. The van der Waals surface area contributed by atoms with Gasteiger partial charge in [-0.2, -0.15) is 31.4 Å². The smallest absolute Gasteiger partial charge is 0.475 e. The van der Waals surface area contributed by atoms with Gasteiger partial charge in [0.25, 0.3) is 0 Å². The van der Waals surface area contributed by atoms with E-state index < -0.39 is 24.3 Å². The molecule has 1 aliphatic rings. The van der Waals surface area contributed by atoms with E-state index >= 15 is 0 Å². The van der Waals surface area contributed by atoms with Crippen LogP contribution >= 0.6 is 11.3 Å². The summed E-state index contributed by atoms with van der Waals surface area (Å²) in [6, 6.07) is 8.31. The second-order valence-corrected chi connectivity index (χ2v) is 9.10. The van der Waals surface area contributed by atoms with Crippen molar-refractivity contribution < 1.29 is 50.9 Å². The maximum absolute atomic E-state index is 10.6. The number of nitrogens with zero attached hydrogens (tertiary/aromatic N) is 4. The summed E-state index contributed by atoms with van der Waals surface area (Å²) in [6.07, 6.45) is -4.55. The Hall–Kier alpha value is -3.50. The molecule has 39 heavy (non-hydrogen) atoms. The summed E-state index contributed by atoms with van der Waals surface area (Å²) in [6.45, 7) is 6.37. The minimum absolute atomic E-state index is 0.120. The van der Waals surface area contributed by atoms with Gasteiger partial charge in [-0.3, -0.25) is 14.6 Å². The molecule has 1 aliphatic heterocycles. The van der Waals surface area contributed by atoms with E-state index in [1.807, 2.05) is 42.1 Å². The molecule has 9 nitrogen and oxygen atoms in total. The van der Waals surface area contributed by atoms with Gasteiger partial charge in [0.1, 0.15) is 0 Å². The number of ether oxygens (including phenoxy) is 1. The van der Waals surface area contributed by atoms with Gasteiger partial charge in [0.15, 0.2) is 0 Å². The quantitative estimate of drug-likeness (QED) is 0.422. The number of hydrogen-bond donors (Lipinski definition) is 2. The molecule has 3 aromatic rings. The van der Waals surface area contributed by atoms with Gasteiger partial charge in [0.05, 0.1) is 24.9 Å². The number of fused-ring (bicyclic) bond motifs is 1. The average Bonchev–Trinajstić information content (AvgIpc) is 3.41. The number of aryl methyl sites for hydroxylation is 1. The number of carbonyl (C=O) groups is 2. The third kappa shape index (κ3) is 11.0. The van der Waals surface area contributed by atoms with E-state index in [1.165, 1.54) is 16.1 Å². The third-order valence-electron chi connectivity index (χ3n) is 5.08. The van der Waals surface area contributed by atoms with Crippen molar-refractivity contribution in [3.63, 3.8) is 0 Å². The van der Waals surface area contributed by atoms with Crippen LogP contribution < -0.4 is 0 Å². The van der Waals surface area contributed by atoms with E-state index in [-0.39, 0.29) is 6.10 Å². The van der Waals surface area contributed by atoms with Gasteiger partial charge < -0.3 is 14.9 Å². The molecule has 0 spiro atoms. The van der Waals surface area contributed by atoms with Crippen LogP contribution in [0.2, 0.25) is 0 Å². The Balaban J connectivity index is 0.000000317. The molecule has 0 fully saturated rings.